The molecular formula is C22H24N4O2. The van der Waals surface area contributed by atoms with E-state index in [2.05, 4.69) is 41.4 Å². The number of hydrogen-bond acceptors (Lipinski definition) is 5. The molecule has 0 aliphatic rings. The molecule has 0 bridgehead atoms. The summed E-state index contributed by atoms with van der Waals surface area (Å²) in [5.74, 6) is 0.823. The van der Waals surface area contributed by atoms with Crippen molar-refractivity contribution in [3.05, 3.63) is 72.1 Å². The van der Waals surface area contributed by atoms with Crippen LogP contribution in [0.2, 0.25) is 0 Å². The van der Waals surface area contributed by atoms with Crippen molar-refractivity contribution in [3.63, 3.8) is 0 Å². The Morgan fingerprint density at radius 2 is 1.54 bits per heavy atom. The highest BCUT2D eigenvalue weighted by Gasteiger charge is 2.19. The van der Waals surface area contributed by atoms with E-state index in [1.807, 2.05) is 48.5 Å². The first-order valence-electron chi connectivity index (χ1n) is 9.01. The number of amides is 1. The molecule has 0 fully saturated rings. The fourth-order valence-electron chi connectivity index (χ4n) is 2.82. The predicted molar refractivity (Wildman–Crippen MR) is 111 cm³/mol. The van der Waals surface area contributed by atoms with Crippen LogP contribution in [0.4, 0.5) is 17.3 Å². The number of nitrogens with one attached hydrogen (secondary N) is 2. The smallest absolute Gasteiger partial charge is 0.258 e. The van der Waals surface area contributed by atoms with Gasteiger partial charge in [-0.2, -0.15) is 0 Å². The molecule has 1 amide bonds. The first-order chi connectivity index (χ1) is 13.4. The van der Waals surface area contributed by atoms with Gasteiger partial charge in [0, 0.05) is 18.1 Å². The minimum Gasteiger partial charge on any atom is -0.495 e. The van der Waals surface area contributed by atoms with Crippen LogP contribution in [0.5, 0.6) is 5.75 Å². The summed E-state index contributed by atoms with van der Waals surface area (Å²) < 4.78 is 5.30. The molecule has 6 heteroatoms. The van der Waals surface area contributed by atoms with Gasteiger partial charge in [-0.25, -0.2) is 9.97 Å². The van der Waals surface area contributed by atoms with E-state index in [-0.39, 0.29) is 11.3 Å². The van der Waals surface area contributed by atoms with E-state index in [4.69, 9.17) is 4.74 Å². The minimum absolute atomic E-state index is 0.0805. The molecule has 0 unspecified atom stereocenters. The van der Waals surface area contributed by atoms with Gasteiger partial charge < -0.3 is 15.4 Å². The van der Waals surface area contributed by atoms with Crippen LogP contribution in [0.15, 0.2) is 60.9 Å². The zero-order valence-electron chi connectivity index (χ0n) is 16.5. The number of carbonyl (C=O) groups is 1. The van der Waals surface area contributed by atoms with Crippen molar-refractivity contribution in [2.75, 3.05) is 17.7 Å². The SMILES string of the molecule is COc1ccccc1Nc1ncc(C(=O)Nc2ccccc2C(C)(C)C)cn1. The summed E-state index contributed by atoms with van der Waals surface area (Å²) in [4.78, 5) is 21.1. The number of hydrogen-bond donors (Lipinski definition) is 2. The second kappa shape index (κ2) is 8.08. The van der Waals surface area contributed by atoms with Crippen molar-refractivity contribution in [3.8, 4) is 5.75 Å². The topological polar surface area (TPSA) is 76.1 Å². The molecule has 0 radical (unpaired) electrons. The molecule has 0 saturated heterocycles. The van der Waals surface area contributed by atoms with Gasteiger partial charge >= 0.3 is 0 Å². The summed E-state index contributed by atoms with van der Waals surface area (Å²) in [5, 5.41) is 6.05. The van der Waals surface area contributed by atoms with E-state index >= 15 is 0 Å². The lowest BCUT2D eigenvalue weighted by Crippen LogP contribution is -2.19. The fraction of sp³-hybridized carbons (Fsp3) is 0.227. The Hall–Kier alpha value is -3.41. The van der Waals surface area contributed by atoms with Crippen molar-refractivity contribution in [2.45, 2.75) is 26.2 Å². The van der Waals surface area contributed by atoms with Gasteiger partial charge in [0.05, 0.1) is 18.4 Å². The minimum atomic E-state index is -0.249. The highest BCUT2D eigenvalue weighted by atomic mass is 16.5. The molecule has 144 valence electrons. The van der Waals surface area contributed by atoms with E-state index in [1.165, 1.54) is 12.4 Å². The Kier molecular flexibility index (Phi) is 5.59. The number of para-hydroxylation sites is 3. The second-order valence-corrected chi connectivity index (χ2v) is 7.37. The lowest BCUT2D eigenvalue weighted by Gasteiger charge is -2.23. The van der Waals surface area contributed by atoms with Crippen molar-refractivity contribution in [2.24, 2.45) is 0 Å². The number of aromatic nitrogens is 2. The molecule has 6 nitrogen and oxygen atoms in total. The van der Waals surface area contributed by atoms with Gasteiger partial charge in [-0.1, -0.05) is 51.1 Å². The largest absolute Gasteiger partial charge is 0.495 e. The summed E-state index contributed by atoms with van der Waals surface area (Å²) in [6, 6.07) is 15.3. The monoisotopic (exact) mass is 376 g/mol. The third kappa shape index (κ3) is 4.46. The third-order valence-corrected chi connectivity index (χ3v) is 4.25. The molecule has 0 aliphatic heterocycles. The molecule has 1 aromatic heterocycles. The number of anilines is 3. The Morgan fingerprint density at radius 3 is 2.18 bits per heavy atom. The zero-order chi connectivity index (χ0) is 20.1. The van der Waals surface area contributed by atoms with Crippen LogP contribution in [-0.4, -0.2) is 23.0 Å². The number of benzene rings is 2. The Morgan fingerprint density at radius 1 is 0.929 bits per heavy atom. The maximum absolute atomic E-state index is 12.6. The molecule has 1 heterocycles. The van der Waals surface area contributed by atoms with Crippen molar-refractivity contribution < 1.29 is 9.53 Å². The molecule has 2 aromatic carbocycles. The molecule has 0 spiro atoms. The van der Waals surface area contributed by atoms with Crippen LogP contribution >= 0.6 is 0 Å². The number of ether oxygens (including phenoxy) is 1. The summed E-state index contributed by atoms with van der Waals surface area (Å²) in [5.41, 5.74) is 2.91. The Bertz CT molecular complexity index is 963. The first-order valence-corrected chi connectivity index (χ1v) is 9.01. The average molecular weight is 376 g/mol. The van der Waals surface area contributed by atoms with Gasteiger partial charge in [-0.05, 0) is 29.2 Å². The molecule has 3 aromatic rings. The fourth-order valence-corrected chi connectivity index (χ4v) is 2.82. The van der Waals surface area contributed by atoms with E-state index in [9.17, 15) is 4.79 Å². The van der Waals surface area contributed by atoms with Gasteiger partial charge in [-0.3, -0.25) is 4.79 Å². The zero-order valence-corrected chi connectivity index (χ0v) is 16.5. The van der Waals surface area contributed by atoms with Crippen LogP contribution in [-0.2, 0) is 5.41 Å². The summed E-state index contributed by atoms with van der Waals surface area (Å²) >= 11 is 0. The van der Waals surface area contributed by atoms with Gasteiger partial charge in [0.15, 0.2) is 0 Å². The predicted octanol–water partition coefficient (Wildman–Crippen LogP) is 4.78. The van der Waals surface area contributed by atoms with Crippen molar-refractivity contribution >= 4 is 23.2 Å². The number of rotatable bonds is 5. The summed E-state index contributed by atoms with van der Waals surface area (Å²) in [6.07, 6.45) is 3.00. The standard InChI is InChI=1S/C22H24N4O2/c1-22(2,3)16-9-5-6-10-17(16)25-20(27)15-13-23-21(24-14-15)26-18-11-7-8-12-19(18)28-4/h5-14H,1-4H3,(H,25,27)(H,23,24,26). The maximum Gasteiger partial charge on any atom is 0.258 e. The van der Waals surface area contributed by atoms with Crippen LogP contribution in [0.3, 0.4) is 0 Å². The third-order valence-electron chi connectivity index (χ3n) is 4.25. The highest BCUT2D eigenvalue weighted by Crippen LogP contribution is 2.29. The van der Waals surface area contributed by atoms with Gasteiger partial charge in [-0.15, -0.1) is 0 Å². The van der Waals surface area contributed by atoms with Crippen LogP contribution < -0.4 is 15.4 Å². The van der Waals surface area contributed by atoms with Gasteiger partial charge in [0.2, 0.25) is 5.95 Å². The molecule has 0 aliphatic carbocycles. The molecule has 0 atom stereocenters. The molecule has 2 N–H and O–H groups in total. The second-order valence-electron chi connectivity index (χ2n) is 7.37. The maximum atomic E-state index is 12.6. The van der Waals surface area contributed by atoms with Crippen LogP contribution in [0.1, 0.15) is 36.7 Å². The lowest BCUT2D eigenvalue weighted by atomic mass is 9.86. The lowest BCUT2D eigenvalue weighted by molar-refractivity contribution is 0.102. The van der Waals surface area contributed by atoms with Gasteiger partial charge in [0.1, 0.15) is 5.75 Å². The first kappa shape index (κ1) is 19.4. The number of methoxy groups -OCH3 is 1. The van der Waals surface area contributed by atoms with Crippen LogP contribution in [0, 0.1) is 0 Å². The number of nitrogens with zero attached hydrogens (tertiary/aromatic N) is 2. The molecule has 3 rings (SSSR count). The summed E-state index contributed by atoms with van der Waals surface area (Å²) in [7, 11) is 1.60. The molecule has 28 heavy (non-hydrogen) atoms. The molecular weight excluding hydrogens is 352 g/mol. The van der Waals surface area contributed by atoms with Crippen molar-refractivity contribution in [1.29, 1.82) is 0 Å². The van der Waals surface area contributed by atoms with E-state index < -0.39 is 0 Å². The van der Waals surface area contributed by atoms with Crippen LogP contribution in [0.25, 0.3) is 0 Å². The Balaban J connectivity index is 1.75. The summed E-state index contributed by atoms with van der Waals surface area (Å²) in [6.45, 7) is 6.33. The average Bonchev–Trinajstić information content (AvgIpc) is 2.68. The Labute approximate surface area is 165 Å². The number of carbonyl (C=O) groups excluding carboxylic acids is 1. The quantitative estimate of drug-likeness (QED) is 0.670. The van der Waals surface area contributed by atoms with Crippen molar-refractivity contribution in [1.82, 2.24) is 9.97 Å². The van der Waals surface area contributed by atoms with E-state index in [0.717, 1.165) is 16.9 Å². The highest BCUT2D eigenvalue weighted by molar-refractivity contribution is 6.04. The van der Waals surface area contributed by atoms with E-state index in [0.29, 0.717) is 17.3 Å². The van der Waals surface area contributed by atoms with Gasteiger partial charge in [0.25, 0.3) is 5.91 Å². The van der Waals surface area contributed by atoms with E-state index in [1.54, 1.807) is 7.11 Å². The molecule has 0 saturated carbocycles. The normalized spacial score (nSPS) is 11.0.